The molecule has 17 heavy (non-hydrogen) atoms. The molecule has 2 fully saturated rings. The zero-order valence-corrected chi connectivity index (χ0v) is 10.5. The molecule has 2 N–H and O–H groups in total. The summed E-state index contributed by atoms with van der Waals surface area (Å²) in [5.74, 6) is 0.579. The average molecular weight is 238 g/mol. The largest absolute Gasteiger partial charge is 0.303 e. The first kappa shape index (κ1) is 12.6. The van der Waals surface area contributed by atoms with Gasteiger partial charge in [-0.15, -0.1) is 0 Å². The van der Waals surface area contributed by atoms with Crippen LogP contribution in [-0.4, -0.2) is 23.9 Å². The summed E-state index contributed by atoms with van der Waals surface area (Å²) >= 11 is 0. The van der Waals surface area contributed by atoms with Crippen LogP contribution in [0.5, 0.6) is 0 Å². The van der Waals surface area contributed by atoms with Crippen LogP contribution in [0.4, 0.5) is 0 Å². The lowest BCUT2D eigenvalue weighted by Gasteiger charge is -2.30. The van der Waals surface area contributed by atoms with Gasteiger partial charge in [0.15, 0.2) is 0 Å². The van der Waals surface area contributed by atoms with E-state index < -0.39 is 0 Å². The molecule has 1 heterocycles. The van der Waals surface area contributed by atoms with Gasteiger partial charge in [0.05, 0.1) is 12.5 Å². The number of carbonyl (C=O) groups is 2. The van der Waals surface area contributed by atoms with Crippen LogP contribution in [0.15, 0.2) is 0 Å². The number of rotatable bonds is 4. The minimum absolute atomic E-state index is 0.146. The molecule has 0 spiro atoms. The molecule has 1 unspecified atom stereocenters. The van der Waals surface area contributed by atoms with Crippen LogP contribution >= 0.6 is 0 Å². The lowest BCUT2D eigenvalue weighted by Crippen LogP contribution is -2.44. The first-order valence-corrected chi connectivity index (χ1v) is 6.78. The van der Waals surface area contributed by atoms with Gasteiger partial charge in [-0.1, -0.05) is 19.8 Å². The third-order valence-corrected chi connectivity index (χ3v) is 3.95. The van der Waals surface area contributed by atoms with Gasteiger partial charge in [-0.2, -0.15) is 0 Å². The van der Waals surface area contributed by atoms with E-state index in [1.807, 2.05) is 0 Å². The van der Waals surface area contributed by atoms with Crippen molar-refractivity contribution in [3.63, 3.8) is 0 Å². The average Bonchev–Trinajstić information content (AvgIpc) is 2.61. The number of amides is 2. The van der Waals surface area contributed by atoms with Crippen LogP contribution in [0, 0.1) is 5.92 Å². The Balaban J connectivity index is 1.74. The quantitative estimate of drug-likeness (QED) is 0.727. The Morgan fingerprint density at radius 2 is 1.94 bits per heavy atom. The minimum atomic E-state index is -0.282. The number of nitrogens with one attached hydrogen (secondary N) is 2. The molecule has 1 aliphatic heterocycles. The topological polar surface area (TPSA) is 58.2 Å². The van der Waals surface area contributed by atoms with E-state index >= 15 is 0 Å². The summed E-state index contributed by atoms with van der Waals surface area (Å²) in [6.45, 7) is 2.23. The van der Waals surface area contributed by atoms with E-state index in [0.717, 1.165) is 18.8 Å². The molecule has 0 bridgehead atoms. The highest BCUT2D eigenvalue weighted by Gasteiger charge is 2.32. The zero-order valence-electron chi connectivity index (χ0n) is 10.5. The van der Waals surface area contributed by atoms with E-state index in [4.69, 9.17) is 0 Å². The first-order valence-electron chi connectivity index (χ1n) is 6.78. The number of hydrogen-bond acceptors (Lipinski definition) is 3. The maximum atomic E-state index is 11.4. The van der Waals surface area contributed by atoms with Gasteiger partial charge in [-0.05, 0) is 31.6 Å². The fourth-order valence-corrected chi connectivity index (χ4v) is 3.00. The standard InChI is InChI=1S/C13H22N2O2/c1-2-3-9-4-6-10(7-5-9)14-11-8-12(16)15-13(11)17/h9-11,14H,2-8H2,1H3,(H,15,16,17). The molecule has 1 saturated heterocycles. The van der Waals surface area contributed by atoms with Gasteiger partial charge in [0.25, 0.3) is 0 Å². The highest BCUT2D eigenvalue weighted by Crippen LogP contribution is 2.28. The van der Waals surface area contributed by atoms with Gasteiger partial charge in [0, 0.05) is 6.04 Å². The molecule has 96 valence electrons. The molecule has 4 heteroatoms. The van der Waals surface area contributed by atoms with E-state index in [0.29, 0.717) is 12.5 Å². The van der Waals surface area contributed by atoms with E-state index in [-0.39, 0.29) is 17.9 Å². The third-order valence-electron chi connectivity index (χ3n) is 3.95. The normalized spacial score (nSPS) is 33.8. The van der Waals surface area contributed by atoms with E-state index in [9.17, 15) is 9.59 Å². The summed E-state index contributed by atoms with van der Waals surface area (Å²) in [6.07, 6.45) is 7.71. The Kier molecular flexibility index (Phi) is 4.15. The Hall–Kier alpha value is -0.900. The molecule has 4 nitrogen and oxygen atoms in total. The Morgan fingerprint density at radius 1 is 1.24 bits per heavy atom. The summed E-state index contributed by atoms with van der Waals surface area (Å²) in [4.78, 5) is 22.5. The monoisotopic (exact) mass is 238 g/mol. The zero-order chi connectivity index (χ0) is 12.3. The number of hydrogen-bond donors (Lipinski definition) is 2. The highest BCUT2D eigenvalue weighted by atomic mass is 16.2. The molecule has 1 atom stereocenters. The van der Waals surface area contributed by atoms with E-state index in [1.165, 1.54) is 25.7 Å². The molecule has 0 radical (unpaired) electrons. The van der Waals surface area contributed by atoms with Crippen LogP contribution in [0.1, 0.15) is 51.9 Å². The van der Waals surface area contributed by atoms with Crippen molar-refractivity contribution in [1.82, 2.24) is 10.6 Å². The van der Waals surface area contributed by atoms with Gasteiger partial charge in [-0.3, -0.25) is 14.9 Å². The molecular formula is C13H22N2O2. The smallest absolute Gasteiger partial charge is 0.244 e. The first-order chi connectivity index (χ1) is 8.19. The molecule has 0 aromatic carbocycles. The van der Waals surface area contributed by atoms with Gasteiger partial charge in [0.2, 0.25) is 11.8 Å². The molecule has 2 aliphatic rings. The predicted molar refractivity (Wildman–Crippen MR) is 65.3 cm³/mol. The fourth-order valence-electron chi connectivity index (χ4n) is 3.00. The summed E-state index contributed by atoms with van der Waals surface area (Å²) in [6, 6.07) is 0.139. The molecule has 2 rings (SSSR count). The predicted octanol–water partition coefficient (Wildman–Crippen LogP) is 1.35. The SMILES string of the molecule is CCCC1CCC(NC2CC(=O)NC2=O)CC1. The van der Waals surface area contributed by atoms with Gasteiger partial charge < -0.3 is 5.32 Å². The van der Waals surface area contributed by atoms with Crippen LogP contribution in [0.25, 0.3) is 0 Å². The number of carbonyl (C=O) groups excluding carboxylic acids is 2. The second kappa shape index (κ2) is 5.63. The highest BCUT2D eigenvalue weighted by molar-refractivity contribution is 6.05. The van der Waals surface area contributed by atoms with Crippen molar-refractivity contribution in [1.29, 1.82) is 0 Å². The minimum Gasteiger partial charge on any atom is -0.303 e. The molecule has 0 aromatic heterocycles. The van der Waals surface area contributed by atoms with Crippen LogP contribution in [0.3, 0.4) is 0 Å². The van der Waals surface area contributed by atoms with Gasteiger partial charge in [-0.25, -0.2) is 0 Å². The Bertz CT molecular complexity index is 296. The second-order valence-corrected chi connectivity index (χ2v) is 5.34. The maximum absolute atomic E-state index is 11.4. The molecule has 0 aromatic rings. The van der Waals surface area contributed by atoms with Crippen molar-refractivity contribution in [2.45, 2.75) is 64.0 Å². The second-order valence-electron chi connectivity index (χ2n) is 5.34. The lowest BCUT2D eigenvalue weighted by atomic mass is 9.83. The van der Waals surface area contributed by atoms with Gasteiger partial charge in [0.1, 0.15) is 0 Å². The fraction of sp³-hybridized carbons (Fsp3) is 0.846. The Morgan fingerprint density at radius 3 is 2.47 bits per heavy atom. The summed E-state index contributed by atoms with van der Waals surface area (Å²) < 4.78 is 0. The summed E-state index contributed by atoms with van der Waals surface area (Å²) in [5, 5.41) is 5.67. The summed E-state index contributed by atoms with van der Waals surface area (Å²) in [7, 11) is 0. The van der Waals surface area contributed by atoms with Crippen LogP contribution in [0.2, 0.25) is 0 Å². The van der Waals surface area contributed by atoms with Crippen molar-refractivity contribution in [3.05, 3.63) is 0 Å². The molecule has 1 saturated carbocycles. The van der Waals surface area contributed by atoms with Crippen LogP contribution < -0.4 is 10.6 Å². The van der Waals surface area contributed by atoms with Crippen LogP contribution in [-0.2, 0) is 9.59 Å². The van der Waals surface area contributed by atoms with Crippen molar-refractivity contribution in [2.24, 2.45) is 5.92 Å². The number of imide groups is 1. The Labute approximate surface area is 103 Å². The maximum Gasteiger partial charge on any atom is 0.244 e. The lowest BCUT2D eigenvalue weighted by molar-refractivity contribution is -0.125. The molecule has 2 amide bonds. The summed E-state index contributed by atoms with van der Waals surface area (Å²) in [5.41, 5.74) is 0. The molecule has 1 aliphatic carbocycles. The molecular weight excluding hydrogens is 216 g/mol. The van der Waals surface area contributed by atoms with E-state index in [1.54, 1.807) is 0 Å². The van der Waals surface area contributed by atoms with E-state index in [2.05, 4.69) is 17.6 Å². The van der Waals surface area contributed by atoms with Crippen molar-refractivity contribution in [2.75, 3.05) is 0 Å². The van der Waals surface area contributed by atoms with Crippen molar-refractivity contribution >= 4 is 11.8 Å². The van der Waals surface area contributed by atoms with Crippen molar-refractivity contribution < 1.29 is 9.59 Å². The third kappa shape index (κ3) is 3.28. The van der Waals surface area contributed by atoms with Gasteiger partial charge >= 0.3 is 0 Å². The van der Waals surface area contributed by atoms with Crippen molar-refractivity contribution in [3.8, 4) is 0 Å².